The van der Waals surface area contributed by atoms with Crippen molar-refractivity contribution in [2.24, 2.45) is 5.92 Å². The molecule has 0 radical (unpaired) electrons. The van der Waals surface area contributed by atoms with Crippen molar-refractivity contribution in [2.75, 3.05) is 0 Å². The lowest BCUT2D eigenvalue weighted by molar-refractivity contribution is 0.526. The number of hydrogen-bond donors (Lipinski definition) is 0. The lowest BCUT2D eigenvalue weighted by Gasteiger charge is -2.24. The molecule has 0 aliphatic heterocycles. The normalized spacial score (nSPS) is 17.6. The molecule has 1 fully saturated rings. The van der Waals surface area contributed by atoms with Crippen LogP contribution in [-0.4, -0.2) is 0 Å². The van der Waals surface area contributed by atoms with Gasteiger partial charge in [0.1, 0.15) is 5.41 Å². The van der Waals surface area contributed by atoms with Crippen molar-refractivity contribution in [1.82, 2.24) is 0 Å². The molecular weight excluding hydrogens is 266 g/mol. The first-order valence-corrected chi connectivity index (χ1v) is 8.46. The van der Waals surface area contributed by atoms with E-state index in [1.807, 2.05) is 0 Å². The van der Waals surface area contributed by atoms with Crippen LogP contribution < -0.4 is 0 Å². The van der Waals surface area contributed by atoms with E-state index in [-0.39, 0.29) is 0 Å². The van der Waals surface area contributed by atoms with Crippen LogP contribution in [0.15, 0.2) is 48.5 Å². The molecule has 1 saturated carbocycles. The Hall–Kier alpha value is -2.07. The third kappa shape index (κ3) is 2.06. The fraction of sp³-hybridized carbons (Fsp3) is 0.381. The fourth-order valence-corrected chi connectivity index (χ4v) is 4.00. The zero-order valence-electron chi connectivity index (χ0n) is 12.9. The van der Waals surface area contributed by atoms with Gasteiger partial charge in [-0.25, -0.2) is 0 Å². The van der Waals surface area contributed by atoms with Crippen molar-refractivity contribution in [3.8, 4) is 17.2 Å². The molecule has 2 aliphatic carbocycles. The number of fused-ring (bicyclic) bond motifs is 3. The van der Waals surface area contributed by atoms with Crippen LogP contribution >= 0.6 is 0 Å². The Labute approximate surface area is 132 Å². The summed E-state index contributed by atoms with van der Waals surface area (Å²) in [6.07, 6.45) is 7.56. The monoisotopic (exact) mass is 287 g/mol. The highest BCUT2D eigenvalue weighted by molar-refractivity contribution is 5.82. The van der Waals surface area contributed by atoms with E-state index < -0.39 is 5.41 Å². The molecule has 0 atom stereocenters. The van der Waals surface area contributed by atoms with Crippen molar-refractivity contribution in [1.29, 1.82) is 5.26 Å². The maximum atomic E-state index is 10.1. The van der Waals surface area contributed by atoms with Crippen molar-refractivity contribution >= 4 is 0 Å². The van der Waals surface area contributed by atoms with Gasteiger partial charge in [0.15, 0.2) is 0 Å². The molecule has 2 aromatic rings. The number of hydrogen-bond acceptors (Lipinski definition) is 1. The Morgan fingerprint density at radius 2 is 1.50 bits per heavy atom. The van der Waals surface area contributed by atoms with Gasteiger partial charge >= 0.3 is 0 Å². The first-order valence-electron chi connectivity index (χ1n) is 8.46. The van der Waals surface area contributed by atoms with E-state index in [9.17, 15) is 5.26 Å². The number of nitrogens with zero attached hydrogens (tertiary/aromatic N) is 1. The van der Waals surface area contributed by atoms with Crippen LogP contribution in [0.5, 0.6) is 0 Å². The molecule has 0 amide bonds. The zero-order valence-corrected chi connectivity index (χ0v) is 12.9. The summed E-state index contributed by atoms with van der Waals surface area (Å²) in [4.78, 5) is 0. The first kappa shape index (κ1) is 13.6. The molecule has 2 aromatic carbocycles. The quantitative estimate of drug-likeness (QED) is 0.671. The van der Waals surface area contributed by atoms with Crippen molar-refractivity contribution in [3.63, 3.8) is 0 Å². The SMILES string of the molecule is N#CC1(CCCCC2CC2)c2ccccc2-c2ccccc21. The van der Waals surface area contributed by atoms with Crippen molar-refractivity contribution in [3.05, 3.63) is 59.7 Å². The molecule has 4 rings (SSSR count). The van der Waals surface area contributed by atoms with E-state index in [1.54, 1.807) is 0 Å². The Kier molecular flexibility index (Phi) is 3.26. The van der Waals surface area contributed by atoms with E-state index in [0.717, 1.165) is 18.8 Å². The maximum Gasteiger partial charge on any atom is 0.108 e. The summed E-state index contributed by atoms with van der Waals surface area (Å²) >= 11 is 0. The number of unbranched alkanes of at least 4 members (excludes halogenated alkanes) is 1. The van der Waals surface area contributed by atoms with Gasteiger partial charge in [-0.1, -0.05) is 80.6 Å². The summed E-state index contributed by atoms with van der Waals surface area (Å²) in [6, 6.07) is 19.6. The Bertz CT molecular complexity index is 688. The standard InChI is InChI=1S/C21H21N/c22-15-21(14-6-5-7-16-12-13-16)19-10-3-1-8-17(19)18-9-2-4-11-20(18)21/h1-4,8-11,16H,5-7,12-14H2. The summed E-state index contributed by atoms with van der Waals surface area (Å²) in [5, 5.41) is 10.1. The lowest BCUT2D eigenvalue weighted by Crippen LogP contribution is -2.22. The predicted molar refractivity (Wildman–Crippen MR) is 89.5 cm³/mol. The molecule has 0 N–H and O–H groups in total. The lowest BCUT2D eigenvalue weighted by atomic mass is 9.75. The average Bonchev–Trinajstić information content (AvgIpc) is 3.36. The smallest absolute Gasteiger partial charge is 0.108 e. The van der Waals surface area contributed by atoms with Gasteiger partial charge in [0, 0.05) is 0 Å². The van der Waals surface area contributed by atoms with E-state index in [2.05, 4.69) is 54.6 Å². The van der Waals surface area contributed by atoms with Gasteiger partial charge in [-0.05, 0) is 34.6 Å². The second-order valence-electron chi connectivity index (χ2n) is 6.80. The van der Waals surface area contributed by atoms with E-state index in [1.165, 1.54) is 47.9 Å². The molecule has 0 unspecified atom stereocenters. The van der Waals surface area contributed by atoms with Crippen LogP contribution in [-0.2, 0) is 5.41 Å². The van der Waals surface area contributed by atoms with Crippen LogP contribution in [0, 0.1) is 17.2 Å². The highest BCUT2D eigenvalue weighted by Gasteiger charge is 2.42. The predicted octanol–water partition coefficient (Wildman–Crippen LogP) is 5.45. The number of benzene rings is 2. The van der Waals surface area contributed by atoms with E-state index in [0.29, 0.717) is 0 Å². The summed E-state index contributed by atoms with van der Waals surface area (Å²) in [7, 11) is 0. The van der Waals surface area contributed by atoms with Crippen molar-refractivity contribution < 1.29 is 0 Å². The Balaban J connectivity index is 1.69. The molecule has 110 valence electrons. The van der Waals surface area contributed by atoms with Crippen LogP contribution in [0.25, 0.3) is 11.1 Å². The summed E-state index contributed by atoms with van der Waals surface area (Å²) in [5.74, 6) is 0.987. The molecule has 2 aliphatic rings. The van der Waals surface area contributed by atoms with Gasteiger partial charge in [0.05, 0.1) is 6.07 Å². The molecule has 1 heteroatoms. The molecule has 0 saturated heterocycles. The molecular formula is C21H21N. The summed E-state index contributed by atoms with van der Waals surface area (Å²) in [5.41, 5.74) is 4.50. The average molecular weight is 287 g/mol. The minimum atomic E-state index is -0.434. The van der Waals surface area contributed by atoms with Gasteiger partial charge in [0.2, 0.25) is 0 Å². The topological polar surface area (TPSA) is 23.8 Å². The molecule has 0 spiro atoms. The van der Waals surface area contributed by atoms with Gasteiger partial charge in [0.25, 0.3) is 0 Å². The summed E-state index contributed by atoms with van der Waals surface area (Å²) in [6.45, 7) is 0. The fourth-order valence-electron chi connectivity index (χ4n) is 4.00. The van der Waals surface area contributed by atoms with Gasteiger partial charge in [-0.2, -0.15) is 5.26 Å². The van der Waals surface area contributed by atoms with Crippen LogP contribution in [0.1, 0.15) is 49.7 Å². The largest absolute Gasteiger partial charge is 0.197 e. The van der Waals surface area contributed by atoms with Crippen LogP contribution in [0.2, 0.25) is 0 Å². The number of rotatable bonds is 5. The first-order chi connectivity index (χ1) is 10.8. The third-order valence-electron chi connectivity index (χ3n) is 5.37. The van der Waals surface area contributed by atoms with Crippen molar-refractivity contribution in [2.45, 2.75) is 43.9 Å². The van der Waals surface area contributed by atoms with E-state index in [4.69, 9.17) is 0 Å². The molecule has 22 heavy (non-hydrogen) atoms. The highest BCUT2D eigenvalue weighted by atomic mass is 14.5. The van der Waals surface area contributed by atoms with Gasteiger partial charge in [-0.3, -0.25) is 0 Å². The van der Waals surface area contributed by atoms with Crippen LogP contribution in [0.3, 0.4) is 0 Å². The highest BCUT2D eigenvalue weighted by Crippen LogP contribution is 2.51. The maximum absolute atomic E-state index is 10.1. The van der Waals surface area contributed by atoms with Gasteiger partial charge in [-0.15, -0.1) is 0 Å². The zero-order chi connectivity index (χ0) is 15.0. The third-order valence-corrected chi connectivity index (χ3v) is 5.37. The molecule has 1 nitrogen and oxygen atoms in total. The van der Waals surface area contributed by atoms with E-state index >= 15 is 0 Å². The minimum absolute atomic E-state index is 0.434. The Morgan fingerprint density at radius 3 is 2.05 bits per heavy atom. The minimum Gasteiger partial charge on any atom is -0.197 e. The second kappa shape index (κ2) is 5.29. The van der Waals surface area contributed by atoms with Crippen LogP contribution in [0.4, 0.5) is 0 Å². The summed E-state index contributed by atoms with van der Waals surface area (Å²) < 4.78 is 0. The Morgan fingerprint density at radius 1 is 0.909 bits per heavy atom. The number of nitriles is 1. The van der Waals surface area contributed by atoms with Gasteiger partial charge < -0.3 is 0 Å². The molecule has 0 heterocycles. The molecule has 0 bridgehead atoms. The molecule has 0 aromatic heterocycles. The second-order valence-corrected chi connectivity index (χ2v) is 6.80.